The van der Waals surface area contributed by atoms with Gasteiger partial charge < -0.3 is 10.2 Å². The molecule has 0 atom stereocenters. The molecule has 3 nitrogen and oxygen atoms in total. The van der Waals surface area contributed by atoms with Crippen LogP contribution >= 0.6 is 0 Å². The Hall–Kier alpha value is -1.09. The molecular formula is C18H33N3. The maximum atomic E-state index is 4.67. The first-order valence-electron chi connectivity index (χ1n) is 8.44. The van der Waals surface area contributed by atoms with Gasteiger partial charge in [-0.25, -0.2) is 4.98 Å². The first-order valence-corrected chi connectivity index (χ1v) is 8.44. The number of anilines is 1. The van der Waals surface area contributed by atoms with E-state index >= 15 is 0 Å². The lowest BCUT2D eigenvalue weighted by Crippen LogP contribution is -2.30. The molecule has 1 aromatic heterocycles. The van der Waals surface area contributed by atoms with Crippen LogP contribution in [0.4, 0.5) is 5.82 Å². The maximum absolute atomic E-state index is 4.67. The average Bonchev–Trinajstić information content (AvgIpc) is 2.45. The van der Waals surface area contributed by atoms with Crippen LogP contribution in [0.15, 0.2) is 18.3 Å². The highest BCUT2D eigenvalue weighted by Gasteiger charge is 2.13. The van der Waals surface area contributed by atoms with Gasteiger partial charge in [-0.05, 0) is 37.3 Å². The number of hydrogen-bond acceptors (Lipinski definition) is 3. The summed E-state index contributed by atoms with van der Waals surface area (Å²) in [5, 5.41) is 3.42. The van der Waals surface area contributed by atoms with Gasteiger partial charge in [0.15, 0.2) is 0 Å². The fourth-order valence-corrected chi connectivity index (χ4v) is 2.26. The lowest BCUT2D eigenvalue weighted by molar-refractivity contribution is 0.531. The predicted octanol–water partition coefficient (Wildman–Crippen LogP) is 4.09. The Morgan fingerprint density at radius 3 is 2.24 bits per heavy atom. The lowest BCUT2D eigenvalue weighted by Gasteiger charge is -2.27. The number of pyridine rings is 1. The number of nitrogens with zero attached hydrogens (tertiary/aromatic N) is 2. The van der Waals surface area contributed by atoms with Crippen molar-refractivity contribution < 1.29 is 0 Å². The predicted molar refractivity (Wildman–Crippen MR) is 92.7 cm³/mol. The summed E-state index contributed by atoms with van der Waals surface area (Å²) in [5.41, 5.74) is 1.31. The van der Waals surface area contributed by atoms with Crippen LogP contribution in [-0.2, 0) is 6.54 Å². The SMILES string of the molecule is CCNCc1cccnc1N(CCC(C)C)CCC(C)C. The summed E-state index contributed by atoms with van der Waals surface area (Å²) < 4.78 is 0. The van der Waals surface area contributed by atoms with E-state index in [9.17, 15) is 0 Å². The first kappa shape index (κ1) is 18.0. The van der Waals surface area contributed by atoms with E-state index in [1.807, 2.05) is 12.3 Å². The standard InChI is InChI=1S/C18H33N3/c1-6-19-14-17-8-7-11-20-18(17)21(12-9-15(2)3)13-10-16(4)5/h7-8,11,15-16,19H,6,9-10,12-14H2,1-5H3. The highest BCUT2D eigenvalue weighted by Crippen LogP contribution is 2.20. The number of aromatic nitrogens is 1. The zero-order valence-corrected chi connectivity index (χ0v) is 14.5. The number of nitrogens with one attached hydrogen (secondary N) is 1. The topological polar surface area (TPSA) is 28.2 Å². The molecule has 1 heterocycles. The third kappa shape index (κ3) is 6.94. The highest BCUT2D eigenvalue weighted by atomic mass is 15.2. The van der Waals surface area contributed by atoms with Crippen molar-refractivity contribution in [2.24, 2.45) is 11.8 Å². The minimum atomic E-state index is 0.729. The summed E-state index contributed by atoms with van der Waals surface area (Å²) in [6.07, 6.45) is 4.35. The van der Waals surface area contributed by atoms with Gasteiger partial charge in [0.25, 0.3) is 0 Å². The molecule has 1 rings (SSSR count). The average molecular weight is 291 g/mol. The fourth-order valence-electron chi connectivity index (χ4n) is 2.26. The van der Waals surface area contributed by atoms with Crippen molar-refractivity contribution in [3.05, 3.63) is 23.9 Å². The van der Waals surface area contributed by atoms with Crippen LogP contribution in [0, 0.1) is 11.8 Å². The smallest absolute Gasteiger partial charge is 0.133 e. The van der Waals surface area contributed by atoms with Crippen LogP contribution in [-0.4, -0.2) is 24.6 Å². The second-order valence-corrected chi connectivity index (χ2v) is 6.62. The van der Waals surface area contributed by atoms with Crippen LogP contribution in [0.5, 0.6) is 0 Å². The number of hydrogen-bond donors (Lipinski definition) is 1. The van der Waals surface area contributed by atoms with Crippen LogP contribution in [0.25, 0.3) is 0 Å². The minimum Gasteiger partial charge on any atom is -0.356 e. The summed E-state index contributed by atoms with van der Waals surface area (Å²) in [4.78, 5) is 7.15. The Balaban J connectivity index is 2.84. The summed E-state index contributed by atoms with van der Waals surface area (Å²) in [5.74, 6) is 2.62. The van der Waals surface area contributed by atoms with Gasteiger partial charge in [0.2, 0.25) is 0 Å². The molecule has 0 aliphatic heterocycles. The molecule has 0 amide bonds. The molecule has 0 aromatic carbocycles. The van der Waals surface area contributed by atoms with Crippen LogP contribution < -0.4 is 10.2 Å². The van der Waals surface area contributed by atoms with E-state index < -0.39 is 0 Å². The van der Waals surface area contributed by atoms with Gasteiger partial charge in [0.1, 0.15) is 5.82 Å². The third-order valence-corrected chi connectivity index (χ3v) is 3.69. The van der Waals surface area contributed by atoms with E-state index in [-0.39, 0.29) is 0 Å². The van der Waals surface area contributed by atoms with Crippen molar-refractivity contribution >= 4 is 5.82 Å². The zero-order chi connectivity index (χ0) is 15.7. The van der Waals surface area contributed by atoms with Crippen molar-refractivity contribution in [3.63, 3.8) is 0 Å². The van der Waals surface area contributed by atoms with Crippen molar-refractivity contribution in [2.45, 2.75) is 54.0 Å². The Kier molecular flexibility index (Phi) is 8.36. The van der Waals surface area contributed by atoms with E-state index in [4.69, 9.17) is 0 Å². The molecule has 3 heteroatoms. The molecule has 0 aliphatic carbocycles. The van der Waals surface area contributed by atoms with Crippen LogP contribution in [0.1, 0.15) is 53.0 Å². The third-order valence-electron chi connectivity index (χ3n) is 3.69. The second kappa shape index (κ2) is 9.78. The Morgan fingerprint density at radius 2 is 1.71 bits per heavy atom. The molecule has 120 valence electrons. The molecule has 0 unspecified atom stereocenters. The molecule has 0 fully saturated rings. The maximum Gasteiger partial charge on any atom is 0.133 e. The number of rotatable bonds is 10. The van der Waals surface area contributed by atoms with Gasteiger partial charge in [-0.2, -0.15) is 0 Å². The van der Waals surface area contributed by atoms with E-state index in [2.05, 4.69) is 55.9 Å². The van der Waals surface area contributed by atoms with Crippen molar-refractivity contribution in [1.82, 2.24) is 10.3 Å². The summed E-state index contributed by atoms with van der Waals surface area (Å²) >= 11 is 0. The van der Waals surface area contributed by atoms with Crippen LogP contribution in [0.2, 0.25) is 0 Å². The molecule has 0 radical (unpaired) electrons. The molecule has 21 heavy (non-hydrogen) atoms. The zero-order valence-electron chi connectivity index (χ0n) is 14.5. The molecule has 1 aromatic rings. The molecule has 1 N–H and O–H groups in total. The second-order valence-electron chi connectivity index (χ2n) is 6.62. The van der Waals surface area contributed by atoms with Crippen molar-refractivity contribution in [1.29, 1.82) is 0 Å². The molecule has 0 spiro atoms. The van der Waals surface area contributed by atoms with Gasteiger partial charge in [-0.1, -0.05) is 40.7 Å². The van der Waals surface area contributed by atoms with E-state index in [0.29, 0.717) is 0 Å². The highest BCUT2D eigenvalue weighted by molar-refractivity contribution is 5.46. The minimum absolute atomic E-state index is 0.729. The first-order chi connectivity index (χ1) is 10.0. The molecular weight excluding hydrogens is 258 g/mol. The van der Waals surface area contributed by atoms with Gasteiger partial charge in [0.05, 0.1) is 0 Å². The van der Waals surface area contributed by atoms with Gasteiger partial charge in [-0.3, -0.25) is 0 Å². The van der Waals surface area contributed by atoms with E-state index in [1.165, 1.54) is 24.2 Å². The van der Waals surface area contributed by atoms with Crippen LogP contribution in [0.3, 0.4) is 0 Å². The normalized spacial score (nSPS) is 11.4. The van der Waals surface area contributed by atoms with E-state index in [1.54, 1.807) is 0 Å². The Labute approximate surface area is 131 Å². The largest absolute Gasteiger partial charge is 0.356 e. The summed E-state index contributed by atoms with van der Waals surface area (Å²) in [6, 6.07) is 4.24. The summed E-state index contributed by atoms with van der Waals surface area (Å²) in [6.45, 7) is 15.4. The van der Waals surface area contributed by atoms with Crippen molar-refractivity contribution in [3.8, 4) is 0 Å². The van der Waals surface area contributed by atoms with Gasteiger partial charge >= 0.3 is 0 Å². The Bertz CT molecular complexity index is 376. The Morgan fingerprint density at radius 1 is 1.10 bits per heavy atom. The molecule has 0 bridgehead atoms. The molecule has 0 saturated carbocycles. The van der Waals surface area contributed by atoms with Gasteiger partial charge in [-0.15, -0.1) is 0 Å². The summed E-state index contributed by atoms with van der Waals surface area (Å²) in [7, 11) is 0. The van der Waals surface area contributed by atoms with E-state index in [0.717, 1.165) is 38.0 Å². The fraction of sp³-hybridized carbons (Fsp3) is 0.722. The molecule has 0 saturated heterocycles. The lowest BCUT2D eigenvalue weighted by atomic mass is 10.1. The van der Waals surface area contributed by atoms with Gasteiger partial charge in [0, 0.05) is 31.4 Å². The van der Waals surface area contributed by atoms with Crippen molar-refractivity contribution in [2.75, 3.05) is 24.5 Å². The quantitative estimate of drug-likeness (QED) is 0.704. The monoisotopic (exact) mass is 291 g/mol. The molecule has 0 aliphatic rings.